The number of halogens is 3. The third kappa shape index (κ3) is 5.35. The predicted octanol–water partition coefficient (Wildman–Crippen LogP) is 3.43. The Morgan fingerprint density at radius 2 is 1.96 bits per heavy atom. The van der Waals surface area contributed by atoms with Gasteiger partial charge in [-0.3, -0.25) is 4.79 Å². The first-order chi connectivity index (χ1) is 10.8. The van der Waals surface area contributed by atoms with Crippen LogP contribution in [0.25, 0.3) is 0 Å². The molecule has 0 aromatic carbocycles. The number of hydrogen-bond acceptors (Lipinski definition) is 3. The number of pyridine rings is 1. The first kappa shape index (κ1) is 19.7. The van der Waals surface area contributed by atoms with Gasteiger partial charge in [0, 0.05) is 11.8 Å². The van der Waals surface area contributed by atoms with Crippen molar-refractivity contribution in [2.75, 3.05) is 19.8 Å². The number of alkyl halides is 3. The van der Waals surface area contributed by atoms with Gasteiger partial charge in [0.05, 0.1) is 38.0 Å². The molecule has 4 nitrogen and oxygen atoms in total. The molecule has 1 saturated heterocycles. The monoisotopic (exact) mass is 335 g/mol. The van der Waals surface area contributed by atoms with E-state index < -0.39 is 23.4 Å². The van der Waals surface area contributed by atoms with Crippen LogP contribution in [0.2, 0.25) is 0 Å². The Morgan fingerprint density at radius 1 is 1.30 bits per heavy atom. The fourth-order valence-corrected chi connectivity index (χ4v) is 2.22. The van der Waals surface area contributed by atoms with Gasteiger partial charge in [-0.2, -0.15) is 13.2 Å². The highest BCUT2D eigenvalue weighted by Crippen LogP contribution is 2.30. The first-order valence-corrected chi connectivity index (χ1v) is 7.80. The van der Waals surface area contributed by atoms with Crippen LogP contribution in [0.1, 0.15) is 44.7 Å². The lowest BCUT2D eigenvalue weighted by Gasteiger charge is -2.24. The summed E-state index contributed by atoms with van der Waals surface area (Å²) in [6, 6.07) is 0.932. The van der Waals surface area contributed by atoms with Crippen LogP contribution in [-0.2, 0) is 22.2 Å². The van der Waals surface area contributed by atoms with E-state index in [1.165, 1.54) is 0 Å². The molecule has 1 aliphatic heterocycles. The first-order valence-electron chi connectivity index (χ1n) is 7.80. The molecule has 2 rings (SSSR count). The van der Waals surface area contributed by atoms with Crippen molar-refractivity contribution < 1.29 is 22.6 Å². The topological polar surface area (TPSA) is 40.5 Å². The minimum atomic E-state index is -4.48. The highest BCUT2D eigenvalue weighted by atomic mass is 19.4. The Balaban J connectivity index is 0.00000127. The van der Waals surface area contributed by atoms with Gasteiger partial charge in [0.15, 0.2) is 0 Å². The molecular weight excluding hydrogens is 311 g/mol. The Hall–Kier alpha value is -1.34. The van der Waals surface area contributed by atoms with E-state index in [1.807, 2.05) is 13.8 Å². The normalized spacial score (nSPS) is 18.5. The van der Waals surface area contributed by atoms with Crippen LogP contribution in [0.3, 0.4) is 0 Å². The summed E-state index contributed by atoms with van der Waals surface area (Å²) < 4.78 is 50.5. The average Bonchev–Trinajstić information content (AvgIpc) is 2.51. The molecule has 0 saturated carbocycles. The molecule has 1 aromatic heterocycles. The molecule has 1 fully saturated rings. The van der Waals surface area contributed by atoms with E-state index in [1.54, 1.807) is 13.8 Å². The van der Waals surface area contributed by atoms with Crippen molar-refractivity contribution in [1.82, 2.24) is 4.57 Å². The van der Waals surface area contributed by atoms with Crippen molar-refractivity contribution in [3.05, 3.63) is 33.7 Å². The van der Waals surface area contributed by atoms with Crippen molar-refractivity contribution in [1.29, 1.82) is 0 Å². The summed E-state index contributed by atoms with van der Waals surface area (Å²) in [5, 5.41) is 0. The summed E-state index contributed by atoms with van der Waals surface area (Å²) in [6.07, 6.45) is -4.03. The van der Waals surface area contributed by atoms with Crippen LogP contribution in [0.5, 0.6) is 0 Å². The molecule has 0 spiro atoms. The number of nitrogens with zero attached hydrogens (tertiary/aromatic N) is 1. The number of hydrogen-bond donors (Lipinski definition) is 0. The summed E-state index contributed by atoms with van der Waals surface area (Å²) in [5.74, 6) is -0.283. The van der Waals surface area contributed by atoms with Crippen molar-refractivity contribution in [3.63, 3.8) is 0 Å². The van der Waals surface area contributed by atoms with E-state index in [-0.39, 0.29) is 24.6 Å². The van der Waals surface area contributed by atoms with Crippen LogP contribution in [0, 0.1) is 0 Å². The maximum absolute atomic E-state index is 13.0. The maximum Gasteiger partial charge on any atom is 0.417 e. The zero-order valence-electron chi connectivity index (χ0n) is 13.9. The van der Waals surface area contributed by atoms with E-state index in [0.29, 0.717) is 13.2 Å². The SMILES string of the molecule is CC.CC(C)c1cc(C(F)(F)F)cn(CC2COCCO2)c1=O. The fourth-order valence-electron chi connectivity index (χ4n) is 2.22. The van der Waals surface area contributed by atoms with E-state index in [4.69, 9.17) is 9.47 Å². The lowest BCUT2D eigenvalue weighted by atomic mass is 10.0. The van der Waals surface area contributed by atoms with Crippen LogP contribution in [0.15, 0.2) is 17.1 Å². The van der Waals surface area contributed by atoms with Crippen molar-refractivity contribution in [2.24, 2.45) is 0 Å². The second-order valence-electron chi connectivity index (χ2n) is 5.36. The summed E-state index contributed by atoms with van der Waals surface area (Å²) in [4.78, 5) is 12.3. The zero-order chi connectivity index (χ0) is 17.6. The molecule has 1 aliphatic rings. The molecule has 1 atom stereocenters. The number of rotatable bonds is 3. The largest absolute Gasteiger partial charge is 0.417 e. The van der Waals surface area contributed by atoms with E-state index in [9.17, 15) is 18.0 Å². The Bertz CT molecular complexity index is 546. The van der Waals surface area contributed by atoms with Gasteiger partial charge in [-0.05, 0) is 12.0 Å². The van der Waals surface area contributed by atoms with Crippen LogP contribution >= 0.6 is 0 Å². The van der Waals surface area contributed by atoms with Gasteiger partial charge in [-0.1, -0.05) is 27.7 Å². The highest BCUT2D eigenvalue weighted by Gasteiger charge is 2.32. The minimum absolute atomic E-state index is 0.0580. The summed E-state index contributed by atoms with van der Waals surface area (Å²) >= 11 is 0. The quantitative estimate of drug-likeness (QED) is 0.850. The molecule has 132 valence electrons. The van der Waals surface area contributed by atoms with Gasteiger partial charge in [0.1, 0.15) is 0 Å². The predicted molar refractivity (Wildman–Crippen MR) is 81.7 cm³/mol. The number of ether oxygens (including phenoxy) is 2. The minimum Gasteiger partial charge on any atom is -0.376 e. The van der Waals surface area contributed by atoms with Crippen LogP contribution in [0.4, 0.5) is 13.2 Å². The smallest absolute Gasteiger partial charge is 0.376 e. The van der Waals surface area contributed by atoms with Crippen LogP contribution < -0.4 is 5.56 Å². The standard InChI is InChI=1S/C14H18F3NO3.C2H6/c1-9(2)12-5-10(14(15,16)17)6-18(13(12)19)7-11-8-20-3-4-21-11;1-2/h5-6,9,11H,3-4,7-8H2,1-2H3;1-2H3. The average molecular weight is 335 g/mol. The Morgan fingerprint density at radius 3 is 2.43 bits per heavy atom. The summed E-state index contributed by atoms with van der Waals surface area (Å²) in [7, 11) is 0. The molecule has 0 aliphatic carbocycles. The fraction of sp³-hybridized carbons (Fsp3) is 0.688. The van der Waals surface area contributed by atoms with Crippen molar-refractivity contribution in [3.8, 4) is 0 Å². The molecule has 23 heavy (non-hydrogen) atoms. The summed E-state index contributed by atoms with van der Waals surface area (Å²) in [6.45, 7) is 8.58. The van der Waals surface area contributed by atoms with Crippen molar-refractivity contribution in [2.45, 2.75) is 52.4 Å². The lowest BCUT2D eigenvalue weighted by molar-refractivity contribution is -0.138. The van der Waals surface area contributed by atoms with Gasteiger partial charge in [-0.25, -0.2) is 0 Å². The maximum atomic E-state index is 13.0. The third-order valence-electron chi connectivity index (χ3n) is 3.35. The third-order valence-corrected chi connectivity index (χ3v) is 3.35. The Labute approximate surface area is 134 Å². The van der Waals surface area contributed by atoms with E-state index in [0.717, 1.165) is 16.8 Å². The zero-order valence-corrected chi connectivity index (χ0v) is 13.9. The van der Waals surface area contributed by atoms with Crippen molar-refractivity contribution >= 4 is 0 Å². The molecular formula is C16H24F3NO3. The highest BCUT2D eigenvalue weighted by molar-refractivity contribution is 5.24. The number of aromatic nitrogens is 1. The molecule has 0 bridgehead atoms. The van der Waals surface area contributed by atoms with E-state index in [2.05, 4.69) is 0 Å². The molecule has 7 heteroatoms. The van der Waals surface area contributed by atoms with Gasteiger partial charge in [-0.15, -0.1) is 0 Å². The molecule has 0 radical (unpaired) electrons. The van der Waals surface area contributed by atoms with E-state index >= 15 is 0 Å². The second kappa shape index (κ2) is 8.49. The summed E-state index contributed by atoms with van der Waals surface area (Å²) in [5.41, 5.74) is -1.07. The van der Waals surface area contributed by atoms with Gasteiger partial charge in [0.2, 0.25) is 0 Å². The molecule has 0 N–H and O–H groups in total. The van der Waals surface area contributed by atoms with Crippen LogP contribution in [-0.4, -0.2) is 30.5 Å². The lowest BCUT2D eigenvalue weighted by Crippen LogP contribution is -2.37. The van der Waals surface area contributed by atoms with Gasteiger partial charge in [0.25, 0.3) is 5.56 Å². The Kier molecular flexibility index (Phi) is 7.28. The molecule has 0 amide bonds. The second-order valence-corrected chi connectivity index (χ2v) is 5.36. The molecule has 1 aromatic rings. The van der Waals surface area contributed by atoms with Gasteiger partial charge >= 0.3 is 6.18 Å². The molecule has 1 unspecified atom stereocenters. The molecule has 2 heterocycles. The van der Waals surface area contributed by atoms with Gasteiger partial charge < -0.3 is 14.0 Å².